The highest BCUT2D eigenvalue weighted by Crippen LogP contribution is 2.42. The lowest BCUT2D eigenvalue weighted by molar-refractivity contribution is 0.318. The molecule has 0 unspecified atom stereocenters. The quantitative estimate of drug-likeness (QED) is 0.420. The summed E-state index contributed by atoms with van der Waals surface area (Å²) in [4.78, 5) is 0. The summed E-state index contributed by atoms with van der Waals surface area (Å²) >= 11 is -1.33. The molecule has 2 aromatic rings. The van der Waals surface area contributed by atoms with Crippen LogP contribution in [0.2, 0.25) is 0 Å². The molecule has 0 fully saturated rings. The van der Waals surface area contributed by atoms with E-state index in [9.17, 15) is 0 Å². The maximum atomic E-state index is 7.57. The molecule has 202 valence electrons. The summed E-state index contributed by atoms with van der Waals surface area (Å²) in [5, 5.41) is 7.57. The zero-order valence-electron chi connectivity index (χ0n) is 26.0. The first-order valence-corrected chi connectivity index (χ1v) is 14.5. The van der Waals surface area contributed by atoms with Gasteiger partial charge in [0.2, 0.25) is 0 Å². The van der Waals surface area contributed by atoms with Crippen LogP contribution in [0.5, 0.6) is 11.5 Å². The van der Waals surface area contributed by atoms with Crippen molar-refractivity contribution in [2.75, 3.05) is 6.61 Å². The van der Waals surface area contributed by atoms with Crippen molar-refractivity contribution in [3.8, 4) is 11.5 Å². The van der Waals surface area contributed by atoms with Gasteiger partial charge in [0, 0.05) is 6.61 Å². The molecule has 0 saturated heterocycles. The summed E-state index contributed by atoms with van der Waals surface area (Å²) in [6.07, 6.45) is 0. The molecule has 2 aromatic carbocycles. The first-order chi connectivity index (χ1) is 16.1. The SMILES string of the molecule is CCO.Cc1cc(C(C)(C)C)c([O][AlH][O]c2c(C(C)(C)C)cc(C)cc2C(C)(C)C)c(C(C)(C)C)c1. The van der Waals surface area contributed by atoms with Gasteiger partial charge in [-0.25, -0.2) is 0 Å². The lowest BCUT2D eigenvalue weighted by atomic mass is 9.78. The summed E-state index contributed by atoms with van der Waals surface area (Å²) in [5.41, 5.74) is 7.59. The van der Waals surface area contributed by atoms with E-state index in [2.05, 4.69) is 121 Å². The van der Waals surface area contributed by atoms with E-state index in [0.29, 0.717) is 0 Å². The van der Waals surface area contributed by atoms with Crippen molar-refractivity contribution in [3.63, 3.8) is 0 Å². The van der Waals surface area contributed by atoms with Gasteiger partial charge in [0.25, 0.3) is 0 Å². The molecule has 2 rings (SSSR count). The molecule has 0 aliphatic rings. The Hall–Kier alpha value is -1.47. The first-order valence-electron chi connectivity index (χ1n) is 13.3. The molecule has 0 amide bonds. The highest BCUT2D eigenvalue weighted by atomic mass is 27.2. The third-order valence-electron chi connectivity index (χ3n) is 6.11. The van der Waals surface area contributed by atoms with Crippen LogP contribution in [-0.4, -0.2) is 27.6 Å². The molecule has 1 N–H and O–H groups in total. The van der Waals surface area contributed by atoms with Gasteiger partial charge in [0.15, 0.2) is 0 Å². The Morgan fingerprint density at radius 2 is 0.750 bits per heavy atom. The van der Waals surface area contributed by atoms with Gasteiger partial charge in [-0.1, -0.05) is 118 Å². The zero-order chi connectivity index (χ0) is 28.3. The molecule has 0 saturated carbocycles. The summed E-state index contributed by atoms with van der Waals surface area (Å²) in [5.74, 6) is 2.04. The van der Waals surface area contributed by atoms with Crippen LogP contribution in [-0.2, 0) is 21.7 Å². The Balaban J connectivity index is 0.00000205. The number of hydrogen-bond donors (Lipinski definition) is 1. The van der Waals surface area contributed by atoms with E-state index < -0.39 is 15.9 Å². The van der Waals surface area contributed by atoms with Gasteiger partial charge >= 0.3 is 15.9 Å². The topological polar surface area (TPSA) is 38.7 Å². The molecule has 0 radical (unpaired) electrons. The van der Waals surface area contributed by atoms with Gasteiger partial charge in [0.05, 0.1) is 11.5 Å². The monoisotopic (exact) mass is 512 g/mol. The lowest BCUT2D eigenvalue weighted by Crippen LogP contribution is -2.25. The number of hydrogen-bond acceptors (Lipinski definition) is 3. The second-order valence-electron chi connectivity index (χ2n) is 14.1. The third-order valence-corrected chi connectivity index (χ3v) is 6.92. The van der Waals surface area contributed by atoms with E-state index in [1.165, 1.54) is 33.4 Å². The first kappa shape index (κ1) is 32.6. The Bertz CT molecular complexity index is 858. The van der Waals surface area contributed by atoms with E-state index in [-0.39, 0.29) is 28.3 Å². The molecule has 3 nitrogen and oxygen atoms in total. The number of rotatable bonds is 4. The fourth-order valence-electron chi connectivity index (χ4n) is 4.23. The summed E-state index contributed by atoms with van der Waals surface area (Å²) in [6, 6.07) is 9.13. The van der Waals surface area contributed by atoms with Gasteiger partial charge in [-0.15, -0.1) is 0 Å². The van der Waals surface area contributed by atoms with Gasteiger partial charge in [-0.05, 0) is 64.7 Å². The van der Waals surface area contributed by atoms with Crippen LogP contribution >= 0.6 is 0 Å². The van der Waals surface area contributed by atoms with Gasteiger partial charge in [-0.3, -0.25) is 0 Å². The predicted octanol–water partition coefficient (Wildman–Crippen LogP) is 8.22. The van der Waals surface area contributed by atoms with Crippen molar-refractivity contribution in [2.24, 2.45) is 0 Å². The van der Waals surface area contributed by atoms with E-state index in [4.69, 9.17) is 12.7 Å². The van der Waals surface area contributed by atoms with Gasteiger partial charge in [0.1, 0.15) is 0 Å². The molecule has 0 bridgehead atoms. The molecule has 0 heterocycles. The minimum absolute atomic E-state index is 0.00719. The van der Waals surface area contributed by atoms with Crippen molar-refractivity contribution in [3.05, 3.63) is 57.6 Å². The van der Waals surface area contributed by atoms with Crippen molar-refractivity contribution in [2.45, 2.75) is 126 Å². The van der Waals surface area contributed by atoms with E-state index in [1.54, 1.807) is 6.92 Å². The number of aliphatic hydroxyl groups excluding tert-OH is 1. The maximum absolute atomic E-state index is 7.57. The zero-order valence-corrected chi connectivity index (χ0v) is 27.4. The number of aryl methyl sites for hydroxylation is 2. The van der Waals surface area contributed by atoms with E-state index in [1.807, 2.05) is 0 Å². The van der Waals surface area contributed by atoms with E-state index >= 15 is 0 Å². The fraction of sp³-hybridized carbons (Fsp3) is 0.625. The molecule has 4 heteroatoms. The van der Waals surface area contributed by atoms with Crippen LogP contribution in [0.3, 0.4) is 0 Å². The summed E-state index contributed by atoms with van der Waals surface area (Å²) < 4.78 is 13.3. The molecule has 0 aliphatic heterocycles. The standard InChI is InChI=1S/2C15H24O.C2H6O.Al.H/c2*1-10-8-11(14(2,3)4)13(16)12(9-10)15(5,6)7;1-2-3;;/h2*8-9,16H,1-7H3;3H,2H2,1H3;;/q;;;+2;/p-2. The van der Waals surface area contributed by atoms with Gasteiger partial charge in [-0.2, -0.15) is 0 Å². The Labute approximate surface area is 229 Å². The smallest absolute Gasteiger partial charge is 0.614 e. The molecule has 36 heavy (non-hydrogen) atoms. The molecule has 0 aromatic heterocycles. The Morgan fingerprint density at radius 1 is 0.556 bits per heavy atom. The minimum atomic E-state index is -1.33. The van der Waals surface area contributed by atoms with Crippen LogP contribution in [0.1, 0.15) is 123 Å². The Kier molecular flexibility index (Phi) is 10.8. The van der Waals surface area contributed by atoms with Crippen molar-refractivity contribution in [1.82, 2.24) is 0 Å². The molecular weight excluding hydrogens is 459 g/mol. The predicted molar refractivity (Wildman–Crippen MR) is 158 cm³/mol. The highest BCUT2D eigenvalue weighted by Gasteiger charge is 2.30. The average molecular weight is 513 g/mol. The third kappa shape index (κ3) is 8.83. The fourth-order valence-corrected chi connectivity index (χ4v) is 5.15. The minimum Gasteiger partial charge on any atom is -0.614 e. The normalized spacial score (nSPS) is 12.6. The largest absolute Gasteiger partial charge is 0.832 e. The molecule has 0 aliphatic carbocycles. The van der Waals surface area contributed by atoms with Crippen molar-refractivity contribution >= 4 is 15.9 Å². The van der Waals surface area contributed by atoms with Crippen LogP contribution in [0, 0.1) is 13.8 Å². The van der Waals surface area contributed by atoms with Crippen molar-refractivity contribution < 1.29 is 12.7 Å². The molecular formula is C32H53AlO3. The Morgan fingerprint density at radius 3 is 0.917 bits per heavy atom. The van der Waals surface area contributed by atoms with Gasteiger partial charge < -0.3 is 12.7 Å². The van der Waals surface area contributed by atoms with Crippen molar-refractivity contribution in [1.29, 1.82) is 0 Å². The number of benzene rings is 2. The van der Waals surface area contributed by atoms with E-state index in [0.717, 1.165) is 11.5 Å². The average Bonchev–Trinajstić information content (AvgIpc) is 2.66. The number of aliphatic hydroxyl groups is 1. The lowest BCUT2D eigenvalue weighted by Gasteiger charge is -2.33. The maximum Gasteiger partial charge on any atom is 0.832 e. The molecule has 0 spiro atoms. The molecule has 0 atom stereocenters. The van der Waals surface area contributed by atoms with Crippen LogP contribution < -0.4 is 7.58 Å². The summed E-state index contributed by atoms with van der Waals surface area (Å²) in [6.45, 7) is 33.4. The second kappa shape index (κ2) is 11.9. The second-order valence-corrected chi connectivity index (χ2v) is 14.9. The van der Waals surface area contributed by atoms with Crippen LogP contribution in [0.15, 0.2) is 24.3 Å². The summed E-state index contributed by atoms with van der Waals surface area (Å²) in [7, 11) is 0. The van der Waals surface area contributed by atoms with Crippen LogP contribution in [0.25, 0.3) is 0 Å². The highest BCUT2D eigenvalue weighted by molar-refractivity contribution is 6.21. The van der Waals surface area contributed by atoms with Crippen LogP contribution in [0.4, 0.5) is 0 Å².